The average Bonchev–Trinajstić information content (AvgIpc) is 2.42. The first kappa shape index (κ1) is 16.9. The minimum Gasteiger partial charge on any atom is -0.330 e. The van der Waals surface area contributed by atoms with Gasteiger partial charge in [-0.15, -0.1) is 12.4 Å². The van der Waals surface area contributed by atoms with Crippen LogP contribution in [0, 0.1) is 10.1 Å². The number of benzene rings is 1. The molecule has 0 spiro atoms. The van der Waals surface area contributed by atoms with E-state index in [0.717, 1.165) is 24.9 Å². The maximum Gasteiger partial charge on any atom is 0.273 e. The van der Waals surface area contributed by atoms with Crippen LogP contribution in [-0.4, -0.2) is 29.0 Å². The molecule has 0 amide bonds. The van der Waals surface area contributed by atoms with Gasteiger partial charge in [-0.25, -0.2) is 0 Å². The Morgan fingerprint density at radius 1 is 1.35 bits per heavy atom. The molecule has 1 heterocycles. The van der Waals surface area contributed by atoms with Crippen LogP contribution in [0.5, 0.6) is 0 Å². The highest BCUT2D eigenvalue weighted by Gasteiger charge is 2.24. The van der Waals surface area contributed by atoms with Crippen LogP contribution >= 0.6 is 12.4 Å². The fourth-order valence-corrected chi connectivity index (χ4v) is 2.83. The summed E-state index contributed by atoms with van der Waals surface area (Å²) < 4.78 is 0. The van der Waals surface area contributed by atoms with Gasteiger partial charge < -0.3 is 5.73 Å². The summed E-state index contributed by atoms with van der Waals surface area (Å²) in [6.07, 6.45) is 4.53. The van der Waals surface area contributed by atoms with Gasteiger partial charge in [0, 0.05) is 24.2 Å². The molecular formula is C14H22ClN3O2. The molecule has 0 aromatic heterocycles. The SMILES string of the molecule is Cl.NCCC1CCCCN1Cc1ccccc1[N+](=O)[O-]. The van der Waals surface area contributed by atoms with Crippen molar-refractivity contribution < 1.29 is 4.92 Å². The molecule has 1 aliphatic rings. The van der Waals surface area contributed by atoms with E-state index in [1.165, 1.54) is 12.8 Å². The van der Waals surface area contributed by atoms with Crippen LogP contribution in [0.4, 0.5) is 5.69 Å². The number of nitro groups is 1. The Kier molecular flexibility index (Phi) is 6.91. The number of nitrogens with zero attached hydrogens (tertiary/aromatic N) is 2. The van der Waals surface area contributed by atoms with Crippen molar-refractivity contribution in [2.24, 2.45) is 5.73 Å². The Labute approximate surface area is 125 Å². The minimum absolute atomic E-state index is 0. The van der Waals surface area contributed by atoms with Crippen LogP contribution in [0.1, 0.15) is 31.2 Å². The first-order chi connectivity index (χ1) is 9.22. The van der Waals surface area contributed by atoms with Gasteiger partial charge in [0.25, 0.3) is 5.69 Å². The molecule has 0 saturated carbocycles. The van der Waals surface area contributed by atoms with E-state index < -0.39 is 0 Å². The lowest BCUT2D eigenvalue weighted by Gasteiger charge is -2.35. The van der Waals surface area contributed by atoms with Gasteiger partial charge in [0.05, 0.1) is 4.92 Å². The summed E-state index contributed by atoms with van der Waals surface area (Å²) in [6, 6.07) is 7.49. The molecule has 1 aromatic rings. The standard InChI is InChI=1S/C14H21N3O2.ClH/c15-9-8-13-6-3-4-10-16(13)11-12-5-1-2-7-14(12)17(18)19;/h1-2,5,7,13H,3-4,6,8-11,15H2;1H. The number of likely N-dealkylation sites (tertiary alicyclic amines) is 1. The highest BCUT2D eigenvalue weighted by atomic mass is 35.5. The summed E-state index contributed by atoms with van der Waals surface area (Å²) >= 11 is 0. The zero-order chi connectivity index (χ0) is 13.7. The number of nitro benzene ring substituents is 1. The summed E-state index contributed by atoms with van der Waals surface area (Å²) in [4.78, 5) is 13.1. The van der Waals surface area contributed by atoms with E-state index in [9.17, 15) is 10.1 Å². The second-order valence-corrected chi connectivity index (χ2v) is 5.08. The highest BCUT2D eigenvalue weighted by Crippen LogP contribution is 2.25. The Balaban J connectivity index is 0.00000200. The van der Waals surface area contributed by atoms with Crippen molar-refractivity contribution in [3.05, 3.63) is 39.9 Å². The van der Waals surface area contributed by atoms with Gasteiger partial charge in [-0.05, 0) is 32.4 Å². The molecule has 1 aromatic carbocycles. The number of halogens is 1. The first-order valence-corrected chi connectivity index (χ1v) is 6.89. The highest BCUT2D eigenvalue weighted by molar-refractivity contribution is 5.85. The van der Waals surface area contributed by atoms with Crippen molar-refractivity contribution in [2.45, 2.75) is 38.3 Å². The van der Waals surface area contributed by atoms with Crippen LogP contribution in [0.15, 0.2) is 24.3 Å². The molecule has 20 heavy (non-hydrogen) atoms. The summed E-state index contributed by atoms with van der Waals surface area (Å²) in [6.45, 7) is 2.34. The Hall–Kier alpha value is -1.17. The van der Waals surface area contributed by atoms with E-state index in [4.69, 9.17) is 5.73 Å². The lowest BCUT2D eigenvalue weighted by atomic mass is 9.98. The third kappa shape index (κ3) is 4.16. The third-order valence-electron chi connectivity index (χ3n) is 3.81. The van der Waals surface area contributed by atoms with E-state index in [2.05, 4.69) is 4.90 Å². The molecular weight excluding hydrogens is 278 g/mol. The number of nitrogens with two attached hydrogens (primary N) is 1. The first-order valence-electron chi connectivity index (χ1n) is 6.89. The molecule has 1 fully saturated rings. The van der Waals surface area contributed by atoms with Gasteiger partial charge in [0.15, 0.2) is 0 Å². The van der Waals surface area contributed by atoms with E-state index in [1.807, 2.05) is 12.1 Å². The lowest BCUT2D eigenvalue weighted by molar-refractivity contribution is -0.385. The minimum atomic E-state index is -0.294. The number of piperidine rings is 1. The third-order valence-corrected chi connectivity index (χ3v) is 3.81. The quantitative estimate of drug-likeness (QED) is 0.670. The van der Waals surface area contributed by atoms with Crippen LogP contribution in [0.25, 0.3) is 0 Å². The Morgan fingerprint density at radius 2 is 2.10 bits per heavy atom. The van der Waals surface area contributed by atoms with E-state index in [0.29, 0.717) is 19.1 Å². The van der Waals surface area contributed by atoms with Crippen molar-refractivity contribution in [2.75, 3.05) is 13.1 Å². The van der Waals surface area contributed by atoms with Crippen molar-refractivity contribution >= 4 is 18.1 Å². The number of rotatable bonds is 5. The Morgan fingerprint density at radius 3 is 2.80 bits per heavy atom. The zero-order valence-electron chi connectivity index (χ0n) is 11.5. The summed E-state index contributed by atoms with van der Waals surface area (Å²) in [5.74, 6) is 0. The van der Waals surface area contributed by atoms with Crippen LogP contribution in [0.2, 0.25) is 0 Å². The van der Waals surface area contributed by atoms with Crippen LogP contribution < -0.4 is 5.73 Å². The topological polar surface area (TPSA) is 72.4 Å². The smallest absolute Gasteiger partial charge is 0.273 e. The normalized spacial score (nSPS) is 19.4. The molecule has 1 atom stereocenters. The average molecular weight is 300 g/mol. The van der Waals surface area contributed by atoms with Crippen molar-refractivity contribution in [1.29, 1.82) is 0 Å². The van der Waals surface area contributed by atoms with E-state index in [-0.39, 0.29) is 23.0 Å². The van der Waals surface area contributed by atoms with Gasteiger partial charge in [-0.3, -0.25) is 15.0 Å². The van der Waals surface area contributed by atoms with Crippen LogP contribution in [-0.2, 0) is 6.54 Å². The van der Waals surface area contributed by atoms with Crippen molar-refractivity contribution in [3.8, 4) is 0 Å². The van der Waals surface area contributed by atoms with E-state index >= 15 is 0 Å². The molecule has 112 valence electrons. The predicted molar refractivity (Wildman–Crippen MR) is 82.1 cm³/mol. The maximum absolute atomic E-state index is 11.0. The molecule has 0 aliphatic carbocycles. The van der Waals surface area contributed by atoms with Gasteiger partial charge in [0.2, 0.25) is 0 Å². The molecule has 0 bridgehead atoms. The molecule has 0 radical (unpaired) electrons. The van der Waals surface area contributed by atoms with Gasteiger partial charge in [0.1, 0.15) is 0 Å². The molecule has 2 N–H and O–H groups in total. The second-order valence-electron chi connectivity index (χ2n) is 5.08. The molecule has 1 unspecified atom stereocenters. The van der Waals surface area contributed by atoms with E-state index in [1.54, 1.807) is 12.1 Å². The number of hydrogen-bond acceptors (Lipinski definition) is 4. The fraction of sp³-hybridized carbons (Fsp3) is 0.571. The zero-order valence-corrected chi connectivity index (χ0v) is 12.3. The fourth-order valence-electron chi connectivity index (χ4n) is 2.83. The maximum atomic E-state index is 11.0. The van der Waals surface area contributed by atoms with Crippen molar-refractivity contribution in [3.63, 3.8) is 0 Å². The molecule has 1 aliphatic heterocycles. The van der Waals surface area contributed by atoms with Crippen molar-refractivity contribution in [1.82, 2.24) is 4.90 Å². The molecule has 6 heteroatoms. The Bertz CT molecular complexity index is 440. The molecule has 5 nitrogen and oxygen atoms in total. The largest absolute Gasteiger partial charge is 0.330 e. The number of hydrogen-bond donors (Lipinski definition) is 1. The number of para-hydroxylation sites is 1. The second kappa shape index (κ2) is 8.19. The monoisotopic (exact) mass is 299 g/mol. The molecule has 1 saturated heterocycles. The summed E-state index contributed by atoms with van der Waals surface area (Å²) in [5, 5.41) is 11.0. The summed E-state index contributed by atoms with van der Waals surface area (Å²) in [5.41, 5.74) is 6.68. The molecule has 2 rings (SSSR count). The lowest BCUT2D eigenvalue weighted by Crippen LogP contribution is -2.40. The van der Waals surface area contributed by atoms with Gasteiger partial charge >= 0.3 is 0 Å². The predicted octanol–water partition coefficient (Wildman–Crippen LogP) is 2.72. The van der Waals surface area contributed by atoms with Gasteiger partial charge in [-0.1, -0.05) is 24.6 Å². The van der Waals surface area contributed by atoms with Gasteiger partial charge in [-0.2, -0.15) is 0 Å². The summed E-state index contributed by atoms with van der Waals surface area (Å²) in [7, 11) is 0. The van der Waals surface area contributed by atoms with Crippen LogP contribution in [0.3, 0.4) is 0 Å².